The van der Waals surface area contributed by atoms with Crippen LogP contribution in [-0.2, 0) is 0 Å². The molecule has 0 heterocycles. The van der Waals surface area contributed by atoms with Crippen LogP contribution in [0.15, 0.2) is 0 Å². The van der Waals surface area contributed by atoms with Gasteiger partial charge in [0.05, 0.1) is 6.34 Å². The van der Waals surface area contributed by atoms with Gasteiger partial charge in [-0.3, -0.25) is 16.3 Å². The first-order valence-corrected chi connectivity index (χ1v) is 2.48. The number of nitrogens with one attached hydrogen (secondary N) is 1. The van der Waals surface area contributed by atoms with Gasteiger partial charge in [0, 0.05) is 13.6 Å². The van der Waals surface area contributed by atoms with Gasteiger partial charge in [-0.1, -0.05) is 0 Å². The fourth-order valence-electron chi connectivity index (χ4n) is 0.405. The summed E-state index contributed by atoms with van der Waals surface area (Å²) >= 11 is 0. The maximum Gasteiger partial charge on any atom is 0.0974 e. The molecule has 48 valence electrons. The second-order valence-corrected chi connectivity index (χ2v) is 1.46. The van der Waals surface area contributed by atoms with Crippen molar-refractivity contribution in [2.45, 2.75) is 6.92 Å². The molecule has 0 aliphatic carbocycles. The number of rotatable bonds is 3. The number of hydrogen-bond acceptors (Lipinski definition) is 3. The van der Waals surface area contributed by atoms with Crippen LogP contribution in [0.1, 0.15) is 6.92 Å². The molecule has 0 fully saturated rings. The van der Waals surface area contributed by atoms with E-state index in [2.05, 4.69) is 0 Å². The van der Waals surface area contributed by atoms with E-state index in [1.54, 1.807) is 12.1 Å². The summed E-state index contributed by atoms with van der Waals surface area (Å²) in [5, 5.41) is 9.71. The molecule has 0 aliphatic heterocycles. The average Bonchev–Trinajstić information content (AvgIpc) is 1.69. The smallest absolute Gasteiger partial charge is 0.0974 e. The van der Waals surface area contributed by atoms with Crippen LogP contribution in [0.2, 0.25) is 0 Å². The van der Waals surface area contributed by atoms with Gasteiger partial charge in [-0.2, -0.15) is 5.12 Å². The highest BCUT2D eigenvalue weighted by atomic mass is 15.7. The molecule has 0 aromatic rings. The van der Waals surface area contributed by atoms with Crippen molar-refractivity contribution >= 4 is 6.34 Å². The first kappa shape index (κ1) is 7.39. The lowest BCUT2D eigenvalue weighted by Gasteiger charge is -2.22. The summed E-state index contributed by atoms with van der Waals surface area (Å²) in [5.41, 5.74) is 0. The van der Waals surface area contributed by atoms with Crippen LogP contribution in [0.4, 0.5) is 0 Å². The Kier molecular flexibility index (Phi) is 3.14. The zero-order chi connectivity index (χ0) is 6.57. The van der Waals surface area contributed by atoms with E-state index in [4.69, 9.17) is 11.3 Å². The molecule has 0 radical (unpaired) electrons. The van der Waals surface area contributed by atoms with E-state index < -0.39 is 0 Å². The molecule has 0 atom stereocenters. The molecule has 0 aromatic heterocycles. The van der Waals surface area contributed by atoms with Gasteiger partial charge in [0.15, 0.2) is 0 Å². The Labute approximate surface area is 49.3 Å². The van der Waals surface area contributed by atoms with Crippen LogP contribution < -0.4 is 5.84 Å². The van der Waals surface area contributed by atoms with Crippen LogP contribution in [-0.4, -0.2) is 30.1 Å². The first-order chi connectivity index (χ1) is 3.72. The Balaban J connectivity index is 3.51. The summed E-state index contributed by atoms with van der Waals surface area (Å²) in [6.07, 6.45) is 1.18. The van der Waals surface area contributed by atoms with Gasteiger partial charge in [-0.25, -0.2) is 0 Å². The largest absolute Gasteiger partial charge is 0.290 e. The van der Waals surface area contributed by atoms with Crippen molar-refractivity contribution in [2.75, 3.05) is 13.6 Å². The lowest BCUT2D eigenvalue weighted by molar-refractivity contribution is 0.0884. The van der Waals surface area contributed by atoms with Crippen molar-refractivity contribution in [1.29, 1.82) is 5.41 Å². The quantitative estimate of drug-likeness (QED) is 0.229. The van der Waals surface area contributed by atoms with Crippen molar-refractivity contribution in [3.05, 3.63) is 0 Å². The van der Waals surface area contributed by atoms with E-state index in [1.807, 2.05) is 6.92 Å². The maximum absolute atomic E-state index is 6.77. The summed E-state index contributed by atoms with van der Waals surface area (Å²) in [4.78, 5) is 0. The van der Waals surface area contributed by atoms with Crippen LogP contribution in [0.5, 0.6) is 0 Å². The molecule has 0 rings (SSSR count). The number of nitrogens with zero attached hydrogens (tertiary/aromatic N) is 2. The summed E-state index contributed by atoms with van der Waals surface area (Å²) < 4.78 is 0. The summed E-state index contributed by atoms with van der Waals surface area (Å²) in [5.74, 6) is 5.27. The highest BCUT2D eigenvalue weighted by molar-refractivity contribution is 5.49. The standard InChI is InChI=1S/C4H12N4/c1-3-8(4-5)7(2)6/h4-5H,3,6H2,1-2H3. The number of nitrogens with two attached hydrogens (primary N) is 1. The normalized spacial score (nSPS) is 9.50. The molecule has 0 saturated carbocycles. The highest BCUT2D eigenvalue weighted by Gasteiger charge is 1.94. The molecule has 0 bridgehead atoms. The van der Waals surface area contributed by atoms with Gasteiger partial charge in [0.25, 0.3) is 0 Å². The van der Waals surface area contributed by atoms with Gasteiger partial charge in [0.2, 0.25) is 0 Å². The summed E-state index contributed by atoms with van der Waals surface area (Å²) in [6.45, 7) is 2.66. The second-order valence-electron chi connectivity index (χ2n) is 1.46. The fraction of sp³-hybridized carbons (Fsp3) is 0.750. The lowest BCUT2D eigenvalue weighted by Crippen LogP contribution is -2.43. The topological polar surface area (TPSA) is 56.4 Å². The molecule has 0 aromatic carbocycles. The van der Waals surface area contributed by atoms with Crippen molar-refractivity contribution < 1.29 is 0 Å². The van der Waals surface area contributed by atoms with Crippen molar-refractivity contribution in [1.82, 2.24) is 10.1 Å². The van der Waals surface area contributed by atoms with Crippen molar-refractivity contribution in [2.24, 2.45) is 5.84 Å². The van der Waals surface area contributed by atoms with E-state index in [0.29, 0.717) is 0 Å². The molecule has 3 N–H and O–H groups in total. The molecule has 4 heteroatoms. The van der Waals surface area contributed by atoms with E-state index in [-0.39, 0.29) is 0 Å². The third kappa shape index (κ3) is 1.90. The van der Waals surface area contributed by atoms with Crippen LogP contribution in [0.25, 0.3) is 0 Å². The summed E-state index contributed by atoms with van der Waals surface area (Å²) in [7, 11) is 1.69. The number of hydrogen-bond donors (Lipinski definition) is 2. The Morgan fingerprint density at radius 3 is 2.25 bits per heavy atom. The zero-order valence-corrected chi connectivity index (χ0v) is 5.26. The Morgan fingerprint density at radius 1 is 1.75 bits per heavy atom. The highest BCUT2D eigenvalue weighted by Crippen LogP contribution is 1.79. The van der Waals surface area contributed by atoms with Crippen molar-refractivity contribution in [3.8, 4) is 0 Å². The number of hydrazine groups is 2. The van der Waals surface area contributed by atoms with Crippen LogP contribution in [0, 0.1) is 5.41 Å². The first-order valence-electron chi connectivity index (χ1n) is 2.48. The van der Waals surface area contributed by atoms with Gasteiger partial charge >= 0.3 is 0 Å². The molecule has 0 amide bonds. The van der Waals surface area contributed by atoms with Gasteiger partial charge in [-0.15, -0.1) is 0 Å². The van der Waals surface area contributed by atoms with Crippen LogP contribution in [0.3, 0.4) is 0 Å². The Morgan fingerprint density at radius 2 is 2.25 bits per heavy atom. The monoisotopic (exact) mass is 116 g/mol. The minimum Gasteiger partial charge on any atom is -0.290 e. The molecule has 0 unspecified atom stereocenters. The minimum absolute atomic E-state index is 0.733. The summed E-state index contributed by atoms with van der Waals surface area (Å²) in [6, 6.07) is 0. The van der Waals surface area contributed by atoms with Gasteiger partial charge < -0.3 is 0 Å². The Hall–Kier alpha value is -0.610. The molecule has 0 spiro atoms. The molecule has 8 heavy (non-hydrogen) atoms. The molecule has 0 saturated heterocycles. The molecular weight excluding hydrogens is 104 g/mol. The van der Waals surface area contributed by atoms with Gasteiger partial charge in [0.1, 0.15) is 0 Å². The average molecular weight is 116 g/mol. The third-order valence-electron chi connectivity index (χ3n) is 0.878. The zero-order valence-electron chi connectivity index (χ0n) is 5.26. The fourth-order valence-corrected chi connectivity index (χ4v) is 0.405. The van der Waals surface area contributed by atoms with Gasteiger partial charge in [-0.05, 0) is 6.92 Å². The van der Waals surface area contributed by atoms with Crippen molar-refractivity contribution in [3.63, 3.8) is 0 Å². The maximum atomic E-state index is 6.77. The lowest BCUT2D eigenvalue weighted by atomic mass is 10.7. The third-order valence-corrected chi connectivity index (χ3v) is 0.878. The van der Waals surface area contributed by atoms with E-state index in [1.165, 1.54) is 11.5 Å². The SMILES string of the molecule is CCN(C=N)N(C)N. The van der Waals surface area contributed by atoms with E-state index >= 15 is 0 Å². The van der Waals surface area contributed by atoms with E-state index in [0.717, 1.165) is 6.54 Å². The minimum atomic E-state index is 0.733. The molecule has 0 aliphatic rings. The molecule has 4 nitrogen and oxygen atoms in total. The molecular formula is C4H12N4. The van der Waals surface area contributed by atoms with E-state index in [9.17, 15) is 0 Å². The predicted molar refractivity (Wildman–Crippen MR) is 33.1 cm³/mol. The predicted octanol–water partition coefficient (Wildman–Crippen LogP) is -0.364. The Bertz CT molecular complexity index is 70.4. The second kappa shape index (κ2) is 3.40. The van der Waals surface area contributed by atoms with Crippen LogP contribution >= 0.6 is 0 Å².